The van der Waals surface area contributed by atoms with Crippen LogP contribution in [-0.2, 0) is 20.1 Å². The summed E-state index contributed by atoms with van der Waals surface area (Å²) in [5.41, 5.74) is 1.01. The van der Waals surface area contributed by atoms with Crippen LogP contribution in [-0.4, -0.2) is 19.1 Å². The van der Waals surface area contributed by atoms with E-state index in [1.165, 1.54) is 4.57 Å². The quantitative estimate of drug-likeness (QED) is 0.754. The Balaban J connectivity index is 2.07. The minimum absolute atomic E-state index is 0.381. The van der Waals surface area contributed by atoms with Crippen LogP contribution in [0.1, 0.15) is 12.5 Å². The summed E-state index contributed by atoms with van der Waals surface area (Å²) < 4.78 is 3.12. The van der Waals surface area contributed by atoms with Gasteiger partial charge in [0.2, 0.25) is 5.95 Å². The van der Waals surface area contributed by atoms with Gasteiger partial charge >= 0.3 is 5.69 Å². The van der Waals surface area contributed by atoms with Crippen molar-refractivity contribution in [1.29, 1.82) is 0 Å². The molecule has 2 heterocycles. The van der Waals surface area contributed by atoms with Crippen LogP contribution in [0, 0.1) is 0 Å². The zero-order chi connectivity index (χ0) is 15.7. The lowest BCUT2D eigenvalue weighted by molar-refractivity contribution is 0.778. The molecule has 0 unspecified atom stereocenters. The zero-order valence-corrected chi connectivity index (χ0v) is 12.5. The van der Waals surface area contributed by atoms with Gasteiger partial charge in [-0.05, 0) is 12.5 Å². The molecule has 0 radical (unpaired) electrons. The molecular weight excluding hydrogens is 282 g/mol. The predicted octanol–water partition coefficient (Wildman–Crippen LogP) is 1.06. The van der Waals surface area contributed by atoms with Gasteiger partial charge in [-0.3, -0.25) is 14.3 Å². The van der Waals surface area contributed by atoms with Crippen molar-refractivity contribution in [3.63, 3.8) is 0 Å². The minimum atomic E-state index is -0.465. The Morgan fingerprint density at radius 1 is 1.23 bits per heavy atom. The number of hydrogen-bond acceptors (Lipinski definition) is 4. The van der Waals surface area contributed by atoms with Crippen LogP contribution in [0.25, 0.3) is 11.2 Å². The number of nitrogens with one attached hydrogen (secondary N) is 2. The monoisotopic (exact) mass is 299 g/mol. The third-order valence-corrected chi connectivity index (χ3v) is 3.62. The number of aromatic amines is 1. The van der Waals surface area contributed by atoms with Gasteiger partial charge in [0.15, 0.2) is 11.2 Å². The average molecular weight is 299 g/mol. The van der Waals surface area contributed by atoms with E-state index in [2.05, 4.69) is 15.3 Å². The SMILES string of the molecule is CCn1c(NCc2ccccc2)nc2c1c(=O)[nH]c(=O)n2C. The second-order valence-electron chi connectivity index (χ2n) is 5.01. The molecule has 0 aliphatic carbocycles. The lowest BCUT2D eigenvalue weighted by Gasteiger charge is -2.08. The van der Waals surface area contributed by atoms with Crippen molar-refractivity contribution >= 4 is 17.1 Å². The summed E-state index contributed by atoms with van der Waals surface area (Å²) in [7, 11) is 1.59. The molecule has 0 saturated carbocycles. The Morgan fingerprint density at radius 3 is 2.64 bits per heavy atom. The first-order valence-corrected chi connectivity index (χ1v) is 7.09. The average Bonchev–Trinajstić information content (AvgIpc) is 2.91. The Kier molecular flexibility index (Phi) is 3.54. The highest BCUT2D eigenvalue weighted by Crippen LogP contribution is 2.15. The second kappa shape index (κ2) is 5.51. The molecule has 3 aromatic rings. The summed E-state index contributed by atoms with van der Waals surface area (Å²) in [5.74, 6) is 0.577. The maximum atomic E-state index is 12.1. The summed E-state index contributed by atoms with van der Waals surface area (Å²) in [4.78, 5) is 30.5. The number of H-pyrrole nitrogens is 1. The first kappa shape index (κ1) is 14.1. The topological polar surface area (TPSA) is 84.7 Å². The van der Waals surface area contributed by atoms with E-state index in [4.69, 9.17) is 0 Å². The zero-order valence-electron chi connectivity index (χ0n) is 12.5. The number of fused-ring (bicyclic) bond motifs is 1. The first-order chi connectivity index (χ1) is 10.6. The second-order valence-corrected chi connectivity index (χ2v) is 5.01. The van der Waals surface area contributed by atoms with Gasteiger partial charge in [-0.2, -0.15) is 4.98 Å². The molecule has 0 atom stereocenters. The van der Waals surface area contributed by atoms with E-state index in [-0.39, 0.29) is 0 Å². The summed E-state index contributed by atoms with van der Waals surface area (Å²) in [6, 6.07) is 9.91. The first-order valence-electron chi connectivity index (χ1n) is 7.09. The summed E-state index contributed by atoms with van der Waals surface area (Å²) in [6.45, 7) is 3.10. The number of imidazole rings is 1. The van der Waals surface area contributed by atoms with Crippen LogP contribution in [0.3, 0.4) is 0 Å². The maximum Gasteiger partial charge on any atom is 0.329 e. The standard InChI is InChI=1S/C15H17N5O2/c1-3-20-11-12(19(2)15(22)18-13(11)21)17-14(20)16-9-10-7-5-4-6-8-10/h4-8H,3,9H2,1-2H3,(H,16,17)(H,18,21,22). The van der Waals surface area contributed by atoms with Crippen LogP contribution < -0.4 is 16.6 Å². The Labute approximate surface area is 126 Å². The molecule has 2 N–H and O–H groups in total. The van der Waals surface area contributed by atoms with E-state index in [0.29, 0.717) is 30.2 Å². The molecule has 0 fully saturated rings. The summed E-state index contributed by atoms with van der Waals surface area (Å²) in [5, 5.41) is 3.23. The van der Waals surface area contributed by atoms with Gasteiger partial charge in [0.1, 0.15) is 0 Å². The molecule has 0 spiro atoms. The molecule has 0 aliphatic rings. The molecule has 114 valence electrons. The fourth-order valence-electron chi connectivity index (χ4n) is 2.45. The number of benzene rings is 1. The molecule has 2 aromatic heterocycles. The van der Waals surface area contributed by atoms with Gasteiger partial charge in [-0.15, -0.1) is 0 Å². The maximum absolute atomic E-state index is 12.1. The number of hydrogen-bond donors (Lipinski definition) is 2. The van der Waals surface area contributed by atoms with Gasteiger partial charge in [0.25, 0.3) is 5.56 Å². The number of nitrogens with zero attached hydrogens (tertiary/aromatic N) is 3. The van der Waals surface area contributed by atoms with Crippen LogP contribution in [0.4, 0.5) is 5.95 Å². The number of rotatable bonds is 4. The highest BCUT2D eigenvalue weighted by Gasteiger charge is 2.15. The molecular formula is C15H17N5O2. The van der Waals surface area contributed by atoms with Gasteiger partial charge in [-0.25, -0.2) is 4.79 Å². The van der Waals surface area contributed by atoms with Crippen molar-refractivity contribution in [2.75, 3.05) is 5.32 Å². The molecule has 0 aliphatic heterocycles. The van der Waals surface area contributed by atoms with E-state index in [0.717, 1.165) is 5.56 Å². The molecule has 7 heteroatoms. The van der Waals surface area contributed by atoms with E-state index in [9.17, 15) is 9.59 Å². The van der Waals surface area contributed by atoms with Crippen molar-refractivity contribution in [2.24, 2.45) is 7.05 Å². The number of aromatic nitrogens is 4. The summed E-state index contributed by atoms with van der Waals surface area (Å²) in [6.07, 6.45) is 0. The molecule has 22 heavy (non-hydrogen) atoms. The molecule has 3 rings (SSSR count). The Bertz CT molecular complexity index is 921. The van der Waals surface area contributed by atoms with Crippen molar-refractivity contribution in [3.8, 4) is 0 Å². The van der Waals surface area contributed by atoms with Crippen LogP contribution in [0.15, 0.2) is 39.9 Å². The van der Waals surface area contributed by atoms with Crippen molar-refractivity contribution in [2.45, 2.75) is 20.0 Å². The van der Waals surface area contributed by atoms with Gasteiger partial charge in [-0.1, -0.05) is 30.3 Å². The fraction of sp³-hybridized carbons (Fsp3) is 0.267. The van der Waals surface area contributed by atoms with E-state index in [1.807, 2.05) is 37.3 Å². The minimum Gasteiger partial charge on any atom is -0.352 e. The van der Waals surface area contributed by atoms with Crippen molar-refractivity contribution < 1.29 is 0 Å². The molecule has 7 nitrogen and oxygen atoms in total. The fourth-order valence-corrected chi connectivity index (χ4v) is 2.45. The highest BCUT2D eigenvalue weighted by atomic mass is 16.2. The van der Waals surface area contributed by atoms with Crippen LogP contribution in [0.2, 0.25) is 0 Å². The van der Waals surface area contributed by atoms with Crippen molar-refractivity contribution in [1.82, 2.24) is 19.1 Å². The van der Waals surface area contributed by atoms with E-state index < -0.39 is 11.2 Å². The van der Waals surface area contributed by atoms with Crippen LogP contribution in [0.5, 0.6) is 0 Å². The van der Waals surface area contributed by atoms with Crippen LogP contribution >= 0.6 is 0 Å². The lowest BCUT2D eigenvalue weighted by atomic mass is 10.2. The molecule has 0 amide bonds. The summed E-state index contributed by atoms with van der Waals surface area (Å²) >= 11 is 0. The lowest BCUT2D eigenvalue weighted by Crippen LogP contribution is -2.29. The molecule has 0 saturated heterocycles. The van der Waals surface area contributed by atoms with Gasteiger partial charge in [0, 0.05) is 20.1 Å². The van der Waals surface area contributed by atoms with Gasteiger partial charge in [0.05, 0.1) is 0 Å². The van der Waals surface area contributed by atoms with Crippen molar-refractivity contribution in [3.05, 3.63) is 56.7 Å². The predicted molar refractivity (Wildman–Crippen MR) is 85.0 cm³/mol. The smallest absolute Gasteiger partial charge is 0.329 e. The Hall–Kier alpha value is -2.83. The molecule has 0 bridgehead atoms. The third-order valence-electron chi connectivity index (χ3n) is 3.62. The number of aryl methyl sites for hydroxylation is 2. The van der Waals surface area contributed by atoms with E-state index in [1.54, 1.807) is 11.6 Å². The highest BCUT2D eigenvalue weighted by molar-refractivity contribution is 5.74. The third kappa shape index (κ3) is 2.30. The van der Waals surface area contributed by atoms with Gasteiger partial charge < -0.3 is 9.88 Å². The largest absolute Gasteiger partial charge is 0.352 e. The van der Waals surface area contributed by atoms with E-state index >= 15 is 0 Å². The Morgan fingerprint density at radius 2 is 1.95 bits per heavy atom. The normalized spacial score (nSPS) is 11.0. The molecule has 1 aromatic carbocycles. The number of anilines is 1.